The third-order valence-electron chi connectivity index (χ3n) is 2.47. The van der Waals surface area contributed by atoms with Gasteiger partial charge < -0.3 is 26.3 Å². The van der Waals surface area contributed by atoms with Gasteiger partial charge in [-0.15, -0.1) is 0 Å². The Kier molecular flexibility index (Phi) is 5.91. The number of carboxylic acids is 1. The van der Waals surface area contributed by atoms with Gasteiger partial charge >= 0.3 is 0 Å². The van der Waals surface area contributed by atoms with Gasteiger partial charge in [0.05, 0.1) is 12.4 Å². The summed E-state index contributed by atoms with van der Waals surface area (Å²) in [6.45, 7) is 1.04. The van der Waals surface area contributed by atoms with E-state index in [0.717, 1.165) is 6.07 Å². The van der Waals surface area contributed by atoms with Crippen LogP contribution in [0, 0.1) is 5.82 Å². The third kappa shape index (κ3) is 5.45. The monoisotopic (exact) mass is 270 g/mol. The minimum atomic E-state index is -1.30. The predicted molar refractivity (Wildman–Crippen MR) is 63.0 cm³/mol. The summed E-state index contributed by atoms with van der Waals surface area (Å²) in [4.78, 5) is 22.5. The highest BCUT2D eigenvalue weighted by Gasteiger charge is 2.18. The van der Waals surface area contributed by atoms with Gasteiger partial charge in [-0.05, 0) is 18.2 Å². The minimum absolute atomic E-state index is 0.237. The van der Waals surface area contributed by atoms with Gasteiger partial charge in [-0.1, -0.05) is 6.07 Å². The second-order valence-electron chi connectivity index (χ2n) is 4.07. The average Bonchev–Trinajstić information content (AvgIpc) is 2.34. The van der Waals surface area contributed by atoms with E-state index in [1.807, 2.05) is 0 Å². The Hall–Kier alpha value is -1.99. The number of rotatable bonds is 7. The van der Waals surface area contributed by atoms with Gasteiger partial charge in [0, 0.05) is 5.69 Å². The maximum Gasteiger partial charge on any atom is 0.230 e. The van der Waals surface area contributed by atoms with Gasteiger partial charge in [0.15, 0.2) is 0 Å². The number of hydrogen-bond donors (Lipinski definition) is 3. The van der Waals surface area contributed by atoms with Crippen LogP contribution in [0.2, 0.25) is 0 Å². The number of quaternary nitrogens is 2. The fraction of sp³-hybridized carbons (Fsp3) is 0.333. The molecule has 0 fully saturated rings. The Balaban J connectivity index is 2.55. The van der Waals surface area contributed by atoms with Gasteiger partial charge in [-0.3, -0.25) is 4.79 Å². The molecule has 0 radical (unpaired) electrons. The largest absolute Gasteiger partial charge is 0.544 e. The minimum Gasteiger partial charge on any atom is -0.544 e. The fourth-order valence-corrected chi connectivity index (χ4v) is 1.56. The summed E-state index contributed by atoms with van der Waals surface area (Å²) in [7, 11) is 0. The van der Waals surface area contributed by atoms with Crippen molar-refractivity contribution in [3.63, 3.8) is 0 Å². The standard InChI is InChI=1S/C12H16FN3O3/c13-8-2-1-3-9(6-8)16-11(17)7-10(12(18)19)15-5-4-14/h1-3,6,10,15H,4-5,7,14H2,(H,16,17)(H,18,19)/p+1/t10-/m1/s1. The molecule has 0 heterocycles. The molecule has 0 aliphatic carbocycles. The number of carbonyl (C=O) groups excluding carboxylic acids is 2. The van der Waals surface area contributed by atoms with Crippen LogP contribution in [0.4, 0.5) is 10.1 Å². The topological polar surface area (TPSA) is 113 Å². The van der Waals surface area contributed by atoms with E-state index in [1.165, 1.54) is 23.5 Å². The summed E-state index contributed by atoms with van der Waals surface area (Å²) in [6.07, 6.45) is -0.237. The highest BCUT2D eigenvalue weighted by molar-refractivity contribution is 5.93. The smallest absolute Gasteiger partial charge is 0.230 e. The predicted octanol–water partition coefficient (Wildman–Crippen LogP) is -2.92. The van der Waals surface area contributed by atoms with E-state index in [0.29, 0.717) is 18.8 Å². The molecular weight excluding hydrogens is 253 g/mol. The molecule has 0 aliphatic rings. The molecule has 0 aromatic heterocycles. The zero-order valence-corrected chi connectivity index (χ0v) is 10.4. The summed E-state index contributed by atoms with van der Waals surface area (Å²) >= 11 is 0. The van der Waals surface area contributed by atoms with Crippen LogP contribution in [0.25, 0.3) is 0 Å². The molecule has 0 spiro atoms. The third-order valence-corrected chi connectivity index (χ3v) is 2.47. The number of amides is 1. The molecule has 7 heteroatoms. The van der Waals surface area contributed by atoms with Crippen LogP contribution in [-0.4, -0.2) is 31.0 Å². The number of aliphatic carboxylic acids is 1. The number of carboxylic acid groups (broad SMARTS) is 1. The number of benzene rings is 1. The summed E-state index contributed by atoms with van der Waals surface area (Å²) in [6, 6.07) is 4.42. The van der Waals surface area contributed by atoms with Crippen LogP contribution in [0.1, 0.15) is 6.42 Å². The van der Waals surface area contributed by atoms with E-state index < -0.39 is 23.7 Å². The molecule has 6 nitrogen and oxygen atoms in total. The quantitative estimate of drug-likeness (QED) is 0.493. The first kappa shape index (κ1) is 15.1. The Morgan fingerprint density at radius 3 is 2.79 bits per heavy atom. The van der Waals surface area contributed by atoms with Crippen molar-refractivity contribution in [3.8, 4) is 0 Å². The Morgan fingerprint density at radius 2 is 2.21 bits per heavy atom. The summed E-state index contributed by atoms with van der Waals surface area (Å²) in [5, 5.41) is 14.8. The normalized spacial score (nSPS) is 11.9. The summed E-state index contributed by atoms with van der Waals surface area (Å²) in [5.41, 5.74) is 3.88. The van der Waals surface area contributed by atoms with Crippen molar-refractivity contribution in [1.29, 1.82) is 0 Å². The number of nitrogens with one attached hydrogen (secondary N) is 1. The molecule has 6 N–H and O–H groups in total. The van der Waals surface area contributed by atoms with Crippen LogP contribution >= 0.6 is 0 Å². The Bertz CT molecular complexity index is 454. The van der Waals surface area contributed by atoms with Crippen molar-refractivity contribution in [2.45, 2.75) is 12.5 Å². The number of anilines is 1. The summed E-state index contributed by atoms with van der Waals surface area (Å²) < 4.78 is 12.9. The summed E-state index contributed by atoms with van der Waals surface area (Å²) in [5.74, 6) is -2.28. The van der Waals surface area contributed by atoms with Crippen molar-refractivity contribution in [1.82, 2.24) is 0 Å². The maximum absolute atomic E-state index is 12.9. The highest BCUT2D eigenvalue weighted by Crippen LogP contribution is 2.09. The molecule has 1 aromatic rings. The molecular formula is C12H17FN3O3+. The molecule has 1 aromatic carbocycles. The van der Waals surface area contributed by atoms with Crippen LogP contribution in [0.5, 0.6) is 0 Å². The lowest BCUT2D eigenvalue weighted by Crippen LogP contribution is -2.95. The van der Waals surface area contributed by atoms with E-state index in [4.69, 9.17) is 0 Å². The van der Waals surface area contributed by atoms with E-state index in [2.05, 4.69) is 11.1 Å². The van der Waals surface area contributed by atoms with Gasteiger partial charge in [0.2, 0.25) is 5.91 Å². The van der Waals surface area contributed by atoms with Crippen molar-refractivity contribution in [2.24, 2.45) is 0 Å². The first-order valence-corrected chi connectivity index (χ1v) is 5.91. The molecule has 104 valence electrons. The molecule has 0 bridgehead atoms. The molecule has 0 saturated carbocycles. The van der Waals surface area contributed by atoms with Gasteiger partial charge in [-0.2, -0.15) is 0 Å². The fourth-order valence-electron chi connectivity index (χ4n) is 1.56. The first-order chi connectivity index (χ1) is 9.02. The zero-order chi connectivity index (χ0) is 14.3. The highest BCUT2D eigenvalue weighted by atomic mass is 19.1. The lowest BCUT2D eigenvalue weighted by atomic mass is 10.2. The van der Waals surface area contributed by atoms with Crippen molar-refractivity contribution in [2.75, 3.05) is 18.4 Å². The Morgan fingerprint density at radius 1 is 1.47 bits per heavy atom. The van der Waals surface area contributed by atoms with Gasteiger partial charge in [-0.25, -0.2) is 4.39 Å². The van der Waals surface area contributed by atoms with Gasteiger partial charge in [0.1, 0.15) is 24.9 Å². The van der Waals surface area contributed by atoms with E-state index >= 15 is 0 Å². The lowest BCUT2D eigenvalue weighted by Gasteiger charge is -2.15. The number of nitrogens with two attached hydrogens (primary N) is 1. The second-order valence-corrected chi connectivity index (χ2v) is 4.07. The molecule has 0 saturated heterocycles. The molecule has 1 atom stereocenters. The van der Waals surface area contributed by atoms with Crippen LogP contribution in [-0.2, 0) is 9.59 Å². The number of carbonyl (C=O) groups is 2. The molecule has 1 rings (SSSR count). The maximum atomic E-state index is 12.9. The lowest BCUT2D eigenvalue weighted by molar-refractivity contribution is -0.695. The molecule has 0 aliphatic heterocycles. The van der Waals surface area contributed by atoms with Crippen molar-refractivity contribution < 1.29 is 30.1 Å². The van der Waals surface area contributed by atoms with Crippen LogP contribution in [0.3, 0.4) is 0 Å². The van der Waals surface area contributed by atoms with E-state index in [-0.39, 0.29) is 6.42 Å². The Labute approximate surface area is 109 Å². The van der Waals surface area contributed by atoms with Crippen molar-refractivity contribution in [3.05, 3.63) is 30.1 Å². The van der Waals surface area contributed by atoms with E-state index in [9.17, 15) is 19.1 Å². The SMILES string of the molecule is [NH3+]CC[NH2+][C@H](CC(=O)Nc1cccc(F)c1)C(=O)[O-]. The number of halogens is 1. The zero-order valence-electron chi connectivity index (χ0n) is 10.4. The molecule has 0 unspecified atom stereocenters. The molecule has 19 heavy (non-hydrogen) atoms. The first-order valence-electron chi connectivity index (χ1n) is 5.91. The van der Waals surface area contributed by atoms with Crippen LogP contribution < -0.4 is 21.5 Å². The molecule has 1 amide bonds. The second kappa shape index (κ2) is 7.45. The van der Waals surface area contributed by atoms with Gasteiger partial charge in [0.25, 0.3) is 0 Å². The van der Waals surface area contributed by atoms with Crippen molar-refractivity contribution >= 4 is 17.6 Å². The number of hydrogen-bond acceptors (Lipinski definition) is 3. The average molecular weight is 270 g/mol. The van der Waals surface area contributed by atoms with E-state index in [1.54, 1.807) is 0 Å². The van der Waals surface area contributed by atoms with Crippen LogP contribution in [0.15, 0.2) is 24.3 Å².